The fourth-order valence-corrected chi connectivity index (χ4v) is 4.85. The minimum absolute atomic E-state index is 0.0232. The van der Waals surface area contributed by atoms with Gasteiger partial charge in [-0.25, -0.2) is 4.68 Å². The number of nitrogens with two attached hydrogens (primary N) is 2. The van der Waals surface area contributed by atoms with Gasteiger partial charge in [0.05, 0.1) is 5.69 Å². The molecule has 3 aromatic carbocycles. The minimum Gasteiger partial charge on any atom is -0.384 e. The van der Waals surface area contributed by atoms with E-state index >= 15 is 0 Å². The number of anilines is 2. The molecule has 40 heavy (non-hydrogen) atoms. The maximum Gasteiger partial charge on any atom is 0.435 e. The fourth-order valence-electron chi connectivity index (χ4n) is 4.85. The van der Waals surface area contributed by atoms with Crippen LogP contribution in [0.5, 0.6) is 0 Å². The van der Waals surface area contributed by atoms with Gasteiger partial charge < -0.3 is 22.1 Å². The highest BCUT2D eigenvalue weighted by atomic mass is 19.4. The number of carbonyl (C=O) groups excluding carboxylic acids is 1. The van der Waals surface area contributed by atoms with Gasteiger partial charge >= 0.3 is 6.18 Å². The molecule has 1 aromatic heterocycles. The second-order valence-corrected chi connectivity index (χ2v) is 10.2. The number of benzene rings is 3. The molecule has 1 fully saturated rings. The zero-order chi connectivity index (χ0) is 28.5. The Morgan fingerprint density at radius 3 is 2.27 bits per heavy atom. The van der Waals surface area contributed by atoms with Crippen LogP contribution in [0.2, 0.25) is 0 Å². The van der Waals surface area contributed by atoms with Crippen molar-refractivity contribution in [3.8, 4) is 5.69 Å². The van der Waals surface area contributed by atoms with E-state index in [9.17, 15) is 18.0 Å². The topological polar surface area (TPSA) is 111 Å². The first kappa shape index (κ1) is 27.4. The highest BCUT2D eigenvalue weighted by Gasteiger charge is 2.44. The van der Waals surface area contributed by atoms with Crippen molar-refractivity contribution in [2.75, 3.05) is 17.2 Å². The molecule has 0 saturated heterocycles. The van der Waals surface area contributed by atoms with Crippen LogP contribution in [0.3, 0.4) is 0 Å². The lowest BCUT2D eigenvalue weighted by Gasteiger charge is -2.20. The number of carbonyl (C=O) groups is 1. The number of halogens is 3. The lowest BCUT2D eigenvalue weighted by atomic mass is 9.94. The SMILES string of the molecule is Cc1c(NCC2(c3cccc(CN)c3)CC2)cccc1NC(=O)c1cc(C(F)(F)F)nn1-c1cccc(CN)c1. The molecule has 0 radical (unpaired) electrons. The van der Waals surface area contributed by atoms with E-state index in [0.717, 1.165) is 40.4 Å². The maximum atomic E-state index is 13.6. The van der Waals surface area contributed by atoms with Gasteiger partial charge in [0, 0.05) is 42.5 Å². The average Bonchev–Trinajstić information content (AvgIpc) is 3.60. The summed E-state index contributed by atoms with van der Waals surface area (Å²) in [6.45, 7) is 3.25. The Kier molecular flexibility index (Phi) is 7.39. The molecule has 208 valence electrons. The van der Waals surface area contributed by atoms with Crippen LogP contribution >= 0.6 is 0 Å². The Balaban J connectivity index is 1.38. The molecule has 5 rings (SSSR count). The number of amides is 1. The molecule has 1 amide bonds. The van der Waals surface area contributed by atoms with Crippen LogP contribution in [0.25, 0.3) is 5.69 Å². The average molecular weight is 549 g/mol. The highest BCUT2D eigenvalue weighted by molar-refractivity contribution is 6.04. The van der Waals surface area contributed by atoms with Crippen molar-refractivity contribution in [3.05, 3.63) is 106 Å². The number of hydrogen-bond donors (Lipinski definition) is 4. The first-order valence-electron chi connectivity index (χ1n) is 13.0. The summed E-state index contributed by atoms with van der Waals surface area (Å²) in [5.74, 6) is -0.710. The monoisotopic (exact) mass is 548 g/mol. The van der Waals surface area contributed by atoms with Gasteiger partial charge in [0.15, 0.2) is 5.69 Å². The fraction of sp³-hybridized carbons (Fsp3) is 0.267. The van der Waals surface area contributed by atoms with Crippen LogP contribution < -0.4 is 22.1 Å². The molecule has 1 aliphatic rings. The molecule has 1 heterocycles. The summed E-state index contributed by atoms with van der Waals surface area (Å²) in [6, 6.07) is 21.1. The lowest BCUT2D eigenvalue weighted by molar-refractivity contribution is -0.141. The summed E-state index contributed by atoms with van der Waals surface area (Å²) in [5, 5.41) is 10.0. The van der Waals surface area contributed by atoms with Crippen LogP contribution in [-0.2, 0) is 24.7 Å². The van der Waals surface area contributed by atoms with Gasteiger partial charge in [0.25, 0.3) is 5.91 Å². The molecule has 0 spiro atoms. The summed E-state index contributed by atoms with van der Waals surface area (Å²) >= 11 is 0. The van der Waals surface area contributed by atoms with Crippen LogP contribution in [-0.4, -0.2) is 22.2 Å². The zero-order valence-electron chi connectivity index (χ0n) is 22.1. The van der Waals surface area contributed by atoms with Crippen molar-refractivity contribution in [1.29, 1.82) is 0 Å². The number of aromatic nitrogens is 2. The van der Waals surface area contributed by atoms with Crippen molar-refractivity contribution in [3.63, 3.8) is 0 Å². The molecule has 1 saturated carbocycles. The molecule has 0 atom stereocenters. The predicted octanol–water partition coefficient (Wildman–Crippen LogP) is 5.51. The van der Waals surface area contributed by atoms with Gasteiger partial charge in [-0.05, 0) is 66.3 Å². The molecule has 4 aromatic rings. The van der Waals surface area contributed by atoms with Gasteiger partial charge in [-0.15, -0.1) is 0 Å². The maximum absolute atomic E-state index is 13.6. The smallest absolute Gasteiger partial charge is 0.384 e. The normalized spacial score (nSPS) is 14.2. The van der Waals surface area contributed by atoms with E-state index in [1.54, 1.807) is 36.4 Å². The summed E-state index contributed by atoms with van der Waals surface area (Å²) in [4.78, 5) is 13.3. The number of hydrogen-bond acceptors (Lipinski definition) is 5. The molecule has 0 unspecified atom stereocenters. The Labute approximate surface area is 230 Å². The summed E-state index contributed by atoms with van der Waals surface area (Å²) in [5.41, 5.74) is 15.6. The molecule has 1 aliphatic carbocycles. The third kappa shape index (κ3) is 5.59. The van der Waals surface area contributed by atoms with E-state index < -0.39 is 17.8 Å². The quantitative estimate of drug-likeness (QED) is 0.220. The van der Waals surface area contributed by atoms with Gasteiger partial charge in [0.2, 0.25) is 0 Å². The van der Waals surface area contributed by atoms with Gasteiger partial charge in [-0.1, -0.05) is 42.5 Å². The first-order chi connectivity index (χ1) is 19.1. The summed E-state index contributed by atoms with van der Waals surface area (Å²) in [6.07, 6.45) is -2.60. The Morgan fingerprint density at radius 2 is 1.60 bits per heavy atom. The summed E-state index contributed by atoms with van der Waals surface area (Å²) < 4.78 is 41.7. The van der Waals surface area contributed by atoms with Crippen molar-refractivity contribution < 1.29 is 18.0 Å². The van der Waals surface area contributed by atoms with Crippen LogP contribution in [0.15, 0.2) is 72.8 Å². The van der Waals surface area contributed by atoms with Crippen LogP contribution in [0.1, 0.15) is 51.3 Å². The van der Waals surface area contributed by atoms with E-state index in [2.05, 4.69) is 27.9 Å². The van der Waals surface area contributed by atoms with Crippen molar-refractivity contribution >= 4 is 17.3 Å². The second kappa shape index (κ2) is 10.8. The lowest BCUT2D eigenvalue weighted by Crippen LogP contribution is -2.21. The minimum atomic E-state index is -4.71. The molecule has 0 bridgehead atoms. The molecule has 7 nitrogen and oxygen atoms in total. The first-order valence-corrected chi connectivity index (χ1v) is 13.0. The van der Waals surface area contributed by atoms with Crippen molar-refractivity contribution in [1.82, 2.24) is 9.78 Å². The Hall–Kier alpha value is -4.15. The molecule has 0 aliphatic heterocycles. The Bertz CT molecular complexity index is 1540. The molecule has 10 heteroatoms. The Morgan fingerprint density at radius 1 is 0.950 bits per heavy atom. The molecule has 6 N–H and O–H groups in total. The van der Waals surface area contributed by atoms with Crippen molar-refractivity contribution in [2.45, 2.75) is 44.4 Å². The van der Waals surface area contributed by atoms with Crippen LogP contribution in [0.4, 0.5) is 24.5 Å². The van der Waals surface area contributed by atoms with Crippen LogP contribution in [0, 0.1) is 6.92 Å². The van der Waals surface area contributed by atoms with Gasteiger partial charge in [0.1, 0.15) is 5.69 Å². The summed E-state index contributed by atoms with van der Waals surface area (Å²) in [7, 11) is 0. The zero-order valence-corrected chi connectivity index (χ0v) is 22.1. The second-order valence-electron chi connectivity index (χ2n) is 10.2. The number of nitrogens with zero attached hydrogens (tertiary/aromatic N) is 2. The van der Waals surface area contributed by atoms with E-state index in [1.807, 2.05) is 25.1 Å². The molecular formula is C30H31F3N6O. The van der Waals surface area contributed by atoms with Crippen molar-refractivity contribution in [2.24, 2.45) is 11.5 Å². The molecular weight excluding hydrogens is 517 g/mol. The predicted molar refractivity (Wildman–Crippen MR) is 149 cm³/mol. The third-order valence-electron chi connectivity index (χ3n) is 7.45. The third-order valence-corrected chi connectivity index (χ3v) is 7.45. The van der Waals surface area contributed by atoms with E-state index in [4.69, 9.17) is 11.5 Å². The van der Waals surface area contributed by atoms with E-state index in [-0.39, 0.29) is 17.7 Å². The van der Waals surface area contributed by atoms with Gasteiger partial charge in [-0.2, -0.15) is 18.3 Å². The largest absolute Gasteiger partial charge is 0.435 e. The van der Waals surface area contributed by atoms with E-state index in [0.29, 0.717) is 30.0 Å². The van der Waals surface area contributed by atoms with Gasteiger partial charge in [-0.3, -0.25) is 4.79 Å². The van der Waals surface area contributed by atoms with E-state index in [1.165, 1.54) is 5.56 Å². The number of rotatable bonds is 9. The highest BCUT2D eigenvalue weighted by Crippen LogP contribution is 2.48. The standard InChI is InChI=1S/C30H31F3N6O/c1-19-24(36-18-29(11-12-29)22-7-2-5-20(13-22)16-34)9-4-10-25(19)37-28(40)26-15-27(30(31,32)33)38-39(26)23-8-3-6-21(14-23)17-35/h2-10,13-15,36H,11-12,16-18,34-35H2,1H3,(H,37,40). The number of nitrogens with one attached hydrogen (secondary N) is 2. The number of alkyl halides is 3.